The van der Waals surface area contributed by atoms with Crippen molar-refractivity contribution in [3.05, 3.63) is 47.7 Å². The Morgan fingerprint density at radius 3 is 3.05 bits per heavy atom. The van der Waals surface area contributed by atoms with Crippen molar-refractivity contribution < 1.29 is 5.11 Å². The van der Waals surface area contributed by atoms with E-state index in [-0.39, 0.29) is 0 Å². The summed E-state index contributed by atoms with van der Waals surface area (Å²) in [6.45, 7) is 5.32. The number of nitrogens with zero attached hydrogens (tertiary/aromatic N) is 2. The average molecular weight is 286 g/mol. The molecule has 0 radical (unpaired) electrons. The minimum atomic E-state index is -0.453. The van der Waals surface area contributed by atoms with Crippen LogP contribution < -0.4 is 10.6 Å². The topological polar surface area (TPSA) is 62.1 Å². The van der Waals surface area contributed by atoms with Crippen LogP contribution in [0.25, 0.3) is 0 Å². The smallest absolute Gasteiger partial charge is 0.124 e. The normalized spacial score (nSPS) is 18.9. The fourth-order valence-corrected chi connectivity index (χ4v) is 2.74. The fraction of sp³-hybridized carbons (Fsp3) is 0.438. The van der Waals surface area contributed by atoms with Gasteiger partial charge in [0.15, 0.2) is 0 Å². The third kappa shape index (κ3) is 3.43. The van der Waals surface area contributed by atoms with Crippen LogP contribution in [0.5, 0.6) is 0 Å². The summed E-state index contributed by atoms with van der Waals surface area (Å²) in [5.41, 5.74) is 2.00. The van der Waals surface area contributed by atoms with Crippen LogP contribution in [-0.2, 0) is 6.54 Å². The van der Waals surface area contributed by atoms with Crippen molar-refractivity contribution in [1.29, 1.82) is 0 Å². The first kappa shape index (κ1) is 14.1. The molecule has 2 atom stereocenters. The zero-order chi connectivity index (χ0) is 14.7. The van der Waals surface area contributed by atoms with E-state index < -0.39 is 6.10 Å². The highest BCUT2D eigenvalue weighted by molar-refractivity contribution is 5.38. The number of benzene rings is 1. The van der Waals surface area contributed by atoms with Crippen LogP contribution in [0.3, 0.4) is 0 Å². The van der Waals surface area contributed by atoms with E-state index in [2.05, 4.69) is 21.8 Å². The van der Waals surface area contributed by atoms with Gasteiger partial charge in [0, 0.05) is 38.2 Å². The summed E-state index contributed by atoms with van der Waals surface area (Å²) >= 11 is 0. The molecule has 0 amide bonds. The number of hydrogen-bond donors (Lipinski definition) is 3. The molecule has 1 aliphatic heterocycles. The molecule has 1 aromatic heterocycles. The lowest BCUT2D eigenvalue weighted by molar-refractivity contribution is 0.172. The highest BCUT2D eigenvalue weighted by Gasteiger charge is 2.19. The summed E-state index contributed by atoms with van der Waals surface area (Å²) < 4.78 is 2.03. The molecule has 0 spiro atoms. The predicted molar refractivity (Wildman–Crippen MR) is 83.2 cm³/mol. The largest absolute Gasteiger partial charge is 0.387 e. The molecular weight excluding hydrogens is 264 g/mol. The van der Waals surface area contributed by atoms with Gasteiger partial charge < -0.3 is 15.7 Å². The maximum Gasteiger partial charge on any atom is 0.124 e. The molecule has 1 aromatic carbocycles. The van der Waals surface area contributed by atoms with Gasteiger partial charge >= 0.3 is 0 Å². The first-order valence-electron chi connectivity index (χ1n) is 7.44. The van der Waals surface area contributed by atoms with Crippen LogP contribution in [0.15, 0.2) is 36.4 Å². The number of aliphatic hydroxyl groups is 1. The van der Waals surface area contributed by atoms with E-state index in [1.54, 1.807) is 0 Å². The number of aliphatic hydroxyl groups excluding tert-OH is 1. The van der Waals surface area contributed by atoms with Crippen LogP contribution in [0.2, 0.25) is 0 Å². The predicted octanol–water partition coefficient (Wildman–Crippen LogP) is 1.56. The first-order valence-corrected chi connectivity index (χ1v) is 7.44. The van der Waals surface area contributed by atoms with E-state index in [0.717, 1.165) is 36.7 Å². The van der Waals surface area contributed by atoms with Crippen molar-refractivity contribution in [2.75, 3.05) is 25.0 Å². The van der Waals surface area contributed by atoms with Gasteiger partial charge in [0.2, 0.25) is 0 Å². The fourth-order valence-electron chi connectivity index (χ4n) is 2.74. The molecule has 0 saturated heterocycles. The molecule has 5 heteroatoms. The van der Waals surface area contributed by atoms with E-state index in [1.165, 1.54) is 0 Å². The van der Waals surface area contributed by atoms with Gasteiger partial charge in [0.25, 0.3) is 0 Å². The van der Waals surface area contributed by atoms with Gasteiger partial charge in [-0.3, -0.25) is 0 Å². The Kier molecular flexibility index (Phi) is 4.22. The van der Waals surface area contributed by atoms with Crippen LogP contribution in [-0.4, -0.2) is 34.5 Å². The zero-order valence-electron chi connectivity index (χ0n) is 12.3. The molecule has 112 valence electrons. The molecule has 21 heavy (non-hydrogen) atoms. The van der Waals surface area contributed by atoms with Crippen LogP contribution in [0, 0.1) is 12.8 Å². The molecular formula is C16H22N4O. The molecule has 2 aromatic rings. The molecule has 3 rings (SSSR count). The van der Waals surface area contributed by atoms with E-state index in [0.29, 0.717) is 12.5 Å². The second-order valence-corrected chi connectivity index (χ2v) is 5.68. The molecule has 0 saturated carbocycles. The number of aryl methyl sites for hydroxylation is 1. The molecule has 0 aliphatic carbocycles. The summed E-state index contributed by atoms with van der Waals surface area (Å²) in [5, 5.41) is 21.3. The summed E-state index contributed by atoms with van der Waals surface area (Å²) in [6, 6.07) is 11.8. The van der Waals surface area contributed by atoms with Crippen molar-refractivity contribution in [1.82, 2.24) is 15.1 Å². The summed E-state index contributed by atoms with van der Waals surface area (Å²) in [6.07, 6.45) is -0.453. The van der Waals surface area contributed by atoms with Crippen LogP contribution >= 0.6 is 0 Å². The number of rotatable bonds is 5. The third-order valence-corrected chi connectivity index (χ3v) is 3.86. The maximum atomic E-state index is 10.1. The van der Waals surface area contributed by atoms with E-state index in [9.17, 15) is 5.11 Å². The Balaban J connectivity index is 1.46. The Hall–Kier alpha value is -1.85. The van der Waals surface area contributed by atoms with Gasteiger partial charge in [-0.1, -0.05) is 30.3 Å². The van der Waals surface area contributed by atoms with Crippen molar-refractivity contribution >= 4 is 5.82 Å². The molecule has 0 bridgehead atoms. The molecule has 0 fully saturated rings. The molecule has 3 N–H and O–H groups in total. The highest BCUT2D eigenvalue weighted by atomic mass is 16.3. The lowest BCUT2D eigenvalue weighted by Crippen LogP contribution is -2.36. The quantitative estimate of drug-likeness (QED) is 0.780. The van der Waals surface area contributed by atoms with E-state index in [1.807, 2.05) is 41.9 Å². The van der Waals surface area contributed by atoms with Crippen molar-refractivity contribution in [3.63, 3.8) is 0 Å². The van der Waals surface area contributed by atoms with Gasteiger partial charge in [-0.25, -0.2) is 4.68 Å². The Morgan fingerprint density at radius 2 is 2.24 bits per heavy atom. The van der Waals surface area contributed by atoms with Gasteiger partial charge in [-0.15, -0.1) is 0 Å². The third-order valence-electron chi connectivity index (χ3n) is 3.86. The Bertz CT molecular complexity index is 581. The number of fused-ring (bicyclic) bond motifs is 1. The van der Waals surface area contributed by atoms with Gasteiger partial charge in [-0.2, -0.15) is 5.10 Å². The Morgan fingerprint density at radius 1 is 1.43 bits per heavy atom. The first-order chi connectivity index (χ1) is 10.2. The number of anilines is 1. The number of aromatic nitrogens is 2. The molecule has 2 heterocycles. The minimum Gasteiger partial charge on any atom is -0.387 e. The average Bonchev–Trinajstić information content (AvgIpc) is 2.87. The second-order valence-electron chi connectivity index (χ2n) is 5.68. The van der Waals surface area contributed by atoms with Crippen molar-refractivity contribution in [3.8, 4) is 0 Å². The second kappa shape index (κ2) is 6.28. The lowest BCUT2D eigenvalue weighted by Gasteiger charge is -2.25. The van der Waals surface area contributed by atoms with Gasteiger partial charge in [0.1, 0.15) is 5.82 Å². The van der Waals surface area contributed by atoms with Crippen molar-refractivity contribution in [2.24, 2.45) is 5.92 Å². The monoisotopic (exact) mass is 286 g/mol. The molecule has 0 unspecified atom stereocenters. The summed E-state index contributed by atoms with van der Waals surface area (Å²) in [5.74, 6) is 1.59. The van der Waals surface area contributed by atoms with Crippen LogP contribution in [0.4, 0.5) is 5.82 Å². The number of nitrogens with one attached hydrogen (secondary N) is 2. The van der Waals surface area contributed by atoms with Crippen molar-refractivity contribution in [2.45, 2.75) is 19.6 Å². The maximum absolute atomic E-state index is 10.1. The van der Waals surface area contributed by atoms with Gasteiger partial charge in [-0.05, 0) is 12.5 Å². The summed E-state index contributed by atoms with van der Waals surface area (Å²) in [4.78, 5) is 0. The molecule has 1 aliphatic rings. The van der Waals surface area contributed by atoms with E-state index in [4.69, 9.17) is 0 Å². The minimum absolute atomic E-state index is 0.453. The molecule has 5 nitrogen and oxygen atoms in total. The van der Waals surface area contributed by atoms with E-state index >= 15 is 0 Å². The number of hydrogen-bond acceptors (Lipinski definition) is 4. The standard InChI is InChI=1S/C16H22N4O/c1-12-7-16-18-9-13(11-20(16)19-12)8-17-10-15(21)14-5-3-2-4-6-14/h2-7,13,15,17-18,21H,8-11H2,1H3/t13-,15+/m1/s1. The van der Waals surface area contributed by atoms with Crippen LogP contribution in [0.1, 0.15) is 17.4 Å². The SMILES string of the molecule is Cc1cc2n(n1)C[C@H](CNC[C@H](O)c1ccccc1)CN2. The highest BCUT2D eigenvalue weighted by Crippen LogP contribution is 2.18. The summed E-state index contributed by atoms with van der Waals surface area (Å²) in [7, 11) is 0. The lowest BCUT2D eigenvalue weighted by atomic mass is 10.1. The Labute approximate surface area is 125 Å². The van der Waals surface area contributed by atoms with Gasteiger partial charge in [0.05, 0.1) is 11.8 Å². The zero-order valence-corrected chi connectivity index (χ0v) is 12.3.